The molecule has 0 bridgehead atoms. The van der Waals surface area contributed by atoms with E-state index in [0.717, 1.165) is 13.2 Å². The van der Waals surface area contributed by atoms with Gasteiger partial charge in [0, 0.05) is 10.0 Å². The molecule has 0 fully saturated rings. The van der Waals surface area contributed by atoms with Gasteiger partial charge in [-0.15, -0.1) is 0 Å². The standard InChI is InChI=1S/C10H6BrF2NO2/c1-16-10(15)6-3-7(9(12)13)8(11)2-5(6)4-14/h2-3,9H,1H3. The van der Waals surface area contributed by atoms with Crippen LogP contribution in [0.4, 0.5) is 8.78 Å². The van der Waals surface area contributed by atoms with Gasteiger partial charge in [0.25, 0.3) is 6.43 Å². The summed E-state index contributed by atoms with van der Waals surface area (Å²) in [5.41, 5.74) is -0.522. The maximum atomic E-state index is 12.5. The van der Waals surface area contributed by atoms with Gasteiger partial charge in [0.15, 0.2) is 0 Å². The summed E-state index contributed by atoms with van der Waals surface area (Å²) >= 11 is 2.91. The summed E-state index contributed by atoms with van der Waals surface area (Å²) in [6.07, 6.45) is -2.73. The Morgan fingerprint density at radius 1 is 1.56 bits per heavy atom. The largest absolute Gasteiger partial charge is 0.465 e. The molecule has 16 heavy (non-hydrogen) atoms. The maximum Gasteiger partial charge on any atom is 0.339 e. The number of alkyl halides is 2. The Morgan fingerprint density at radius 3 is 2.62 bits per heavy atom. The van der Waals surface area contributed by atoms with E-state index >= 15 is 0 Å². The molecule has 1 aromatic rings. The highest BCUT2D eigenvalue weighted by molar-refractivity contribution is 9.10. The zero-order chi connectivity index (χ0) is 12.3. The molecule has 0 radical (unpaired) electrons. The first-order valence-corrected chi connectivity index (χ1v) is 4.90. The highest BCUT2D eigenvalue weighted by Gasteiger charge is 2.19. The lowest BCUT2D eigenvalue weighted by atomic mass is 10.0. The van der Waals surface area contributed by atoms with Crippen LogP contribution in [0.3, 0.4) is 0 Å². The van der Waals surface area contributed by atoms with Gasteiger partial charge < -0.3 is 4.74 Å². The summed E-state index contributed by atoms with van der Waals surface area (Å²) < 4.78 is 29.6. The van der Waals surface area contributed by atoms with Crippen molar-refractivity contribution < 1.29 is 18.3 Å². The van der Waals surface area contributed by atoms with Crippen LogP contribution < -0.4 is 0 Å². The third kappa shape index (κ3) is 2.36. The van der Waals surface area contributed by atoms with E-state index in [0.29, 0.717) is 0 Å². The summed E-state index contributed by atoms with van der Waals surface area (Å²) in [6.45, 7) is 0. The van der Waals surface area contributed by atoms with Gasteiger partial charge in [-0.3, -0.25) is 0 Å². The number of methoxy groups -OCH3 is 1. The molecule has 1 rings (SSSR count). The highest BCUT2D eigenvalue weighted by Crippen LogP contribution is 2.30. The normalized spacial score (nSPS) is 10.0. The minimum Gasteiger partial charge on any atom is -0.465 e. The Hall–Kier alpha value is -1.48. The Kier molecular flexibility index (Phi) is 3.96. The number of hydrogen-bond donors (Lipinski definition) is 0. The maximum absolute atomic E-state index is 12.5. The predicted molar refractivity (Wildman–Crippen MR) is 55.2 cm³/mol. The smallest absolute Gasteiger partial charge is 0.339 e. The Morgan fingerprint density at radius 2 is 2.19 bits per heavy atom. The van der Waals surface area contributed by atoms with Crippen molar-refractivity contribution in [2.24, 2.45) is 0 Å². The molecule has 84 valence electrons. The van der Waals surface area contributed by atoms with Crippen LogP contribution in [0.5, 0.6) is 0 Å². The molecule has 0 aliphatic carbocycles. The second kappa shape index (κ2) is 5.03. The molecular formula is C10H6BrF2NO2. The first kappa shape index (κ1) is 12.6. The second-order valence-electron chi connectivity index (χ2n) is 2.82. The fourth-order valence-corrected chi connectivity index (χ4v) is 1.64. The molecule has 0 amide bonds. The summed E-state index contributed by atoms with van der Waals surface area (Å²) in [5.74, 6) is -0.814. The molecule has 3 nitrogen and oxygen atoms in total. The number of benzene rings is 1. The van der Waals surface area contributed by atoms with Gasteiger partial charge in [0.1, 0.15) is 6.07 Å². The van der Waals surface area contributed by atoms with Gasteiger partial charge in [-0.1, -0.05) is 15.9 Å². The molecule has 0 saturated heterocycles. The van der Waals surface area contributed by atoms with Crippen LogP contribution in [-0.4, -0.2) is 13.1 Å². The van der Waals surface area contributed by atoms with Gasteiger partial charge in [-0.2, -0.15) is 5.26 Å². The molecule has 0 unspecified atom stereocenters. The van der Waals surface area contributed by atoms with Gasteiger partial charge in [-0.05, 0) is 12.1 Å². The molecule has 0 spiro atoms. The first-order chi connectivity index (χ1) is 7.51. The lowest BCUT2D eigenvalue weighted by molar-refractivity contribution is 0.0600. The fraction of sp³-hybridized carbons (Fsp3) is 0.200. The van der Waals surface area contributed by atoms with Crippen molar-refractivity contribution >= 4 is 21.9 Å². The minimum absolute atomic E-state index is 0.0110. The quantitative estimate of drug-likeness (QED) is 0.786. The number of nitrogens with zero attached hydrogens (tertiary/aromatic N) is 1. The SMILES string of the molecule is COC(=O)c1cc(C(F)F)c(Br)cc1C#N. The minimum atomic E-state index is -2.73. The zero-order valence-corrected chi connectivity index (χ0v) is 9.72. The van der Waals surface area contributed by atoms with Crippen molar-refractivity contribution in [2.45, 2.75) is 6.43 Å². The molecular weight excluding hydrogens is 284 g/mol. The number of esters is 1. The molecule has 0 aliphatic rings. The van der Waals surface area contributed by atoms with Crippen molar-refractivity contribution in [1.29, 1.82) is 5.26 Å². The van der Waals surface area contributed by atoms with Crippen LogP contribution in [0.25, 0.3) is 0 Å². The average molecular weight is 290 g/mol. The van der Waals surface area contributed by atoms with Crippen LogP contribution in [0, 0.1) is 11.3 Å². The van der Waals surface area contributed by atoms with Crippen molar-refractivity contribution in [1.82, 2.24) is 0 Å². The first-order valence-electron chi connectivity index (χ1n) is 4.11. The van der Waals surface area contributed by atoms with E-state index in [1.54, 1.807) is 6.07 Å². The molecule has 6 heteroatoms. The van der Waals surface area contributed by atoms with Crippen LogP contribution in [0.2, 0.25) is 0 Å². The molecule has 0 aliphatic heterocycles. The highest BCUT2D eigenvalue weighted by atomic mass is 79.9. The van der Waals surface area contributed by atoms with Crippen molar-refractivity contribution in [3.8, 4) is 6.07 Å². The van der Waals surface area contributed by atoms with Gasteiger partial charge in [-0.25, -0.2) is 13.6 Å². The summed E-state index contributed by atoms with van der Waals surface area (Å²) in [4.78, 5) is 11.2. The molecule has 1 aromatic carbocycles. The van der Waals surface area contributed by atoms with E-state index in [2.05, 4.69) is 20.7 Å². The number of nitriles is 1. The van der Waals surface area contributed by atoms with Crippen molar-refractivity contribution in [3.05, 3.63) is 33.3 Å². The molecule has 0 atom stereocenters. The number of carbonyl (C=O) groups is 1. The number of rotatable bonds is 2. The lowest BCUT2D eigenvalue weighted by Crippen LogP contribution is -2.06. The van der Waals surface area contributed by atoms with E-state index in [1.165, 1.54) is 6.07 Å². The molecule has 0 saturated carbocycles. The van der Waals surface area contributed by atoms with Crippen molar-refractivity contribution in [3.63, 3.8) is 0 Å². The van der Waals surface area contributed by atoms with Crippen LogP contribution >= 0.6 is 15.9 Å². The van der Waals surface area contributed by atoms with Crippen molar-refractivity contribution in [2.75, 3.05) is 7.11 Å². The van der Waals surface area contributed by atoms with E-state index < -0.39 is 12.4 Å². The average Bonchev–Trinajstić information content (AvgIpc) is 2.27. The third-order valence-electron chi connectivity index (χ3n) is 1.90. The fourth-order valence-electron chi connectivity index (χ4n) is 1.13. The van der Waals surface area contributed by atoms with E-state index in [-0.39, 0.29) is 21.2 Å². The van der Waals surface area contributed by atoms with Crippen LogP contribution in [0.15, 0.2) is 16.6 Å². The molecule has 0 N–H and O–H groups in total. The number of carbonyl (C=O) groups excluding carboxylic acids is 1. The summed E-state index contributed by atoms with van der Waals surface area (Å²) in [5, 5.41) is 8.75. The summed E-state index contributed by atoms with van der Waals surface area (Å²) in [7, 11) is 1.12. The third-order valence-corrected chi connectivity index (χ3v) is 2.58. The Balaban J connectivity index is 3.42. The number of hydrogen-bond acceptors (Lipinski definition) is 3. The molecule has 0 aromatic heterocycles. The van der Waals surface area contributed by atoms with E-state index in [4.69, 9.17) is 5.26 Å². The topological polar surface area (TPSA) is 50.1 Å². The lowest BCUT2D eigenvalue weighted by Gasteiger charge is -2.07. The zero-order valence-electron chi connectivity index (χ0n) is 8.13. The van der Waals surface area contributed by atoms with Gasteiger partial charge in [0.2, 0.25) is 0 Å². The Labute approximate surface area is 98.8 Å². The van der Waals surface area contributed by atoms with Gasteiger partial charge >= 0.3 is 5.97 Å². The monoisotopic (exact) mass is 289 g/mol. The second-order valence-corrected chi connectivity index (χ2v) is 3.68. The summed E-state index contributed by atoms with van der Waals surface area (Å²) in [6, 6.07) is 3.87. The van der Waals surface area contributed by atoms with Crippen LogP contribution in [0.1, 0.15) is 27.9 Å². The number of ether oxygens (including phenoxy) is 1. The predicted octanol–water partition coefficient (Wildman–Crippen LogP) is 3.04. The van der Waals surface area contributed by atoms with E-state index in [1.807, 2.05) is 0 Å². The molecule has 0 heterocycles. The van der Waals surface area contributed by atoms with E-state index in [9.17, 15) is 13.6 Å². The van der Waals surface area contributed by atoms with Gasteiger partial charge in [0.05, 0.1) is 18.2 Å². The number of halogens is 3. The Bertz CT molecular complexity index is 469. The van der Waals surface area contributed by atoms with Crippen LogP contribution in [-0.2, 0) is 4.74 Å².